The highest BCUT2D eigenvalue weighted by Gasteiger charge is 2.26. The van der Waals surface area contributed by atoms with E-state index >= 15 is 0 Å². The summed E-state index contributed by atoms with van der Waals surface area (Å²) in [7, 11) is 1.68. The number of methoxy groups -OCH3 is 1. The van der Waals surface area contributed by atoms with E-state index in [-0.39, 0.29) is 11.8 Å². The van der Waals surface area contributed by atoms with Crippen molar-refractivity contribution in [3.63, 3.8) is 0 Å². The number of carbonyl (C=O) groups excluding carboxylic acids is 1. The first kappa shape index (κ1) is 18.5. The first-order chi connectivity index (χ1) is 12.7. The zero-order chi connectivity index (χ0) is 18.4. The van der Waals surface area contributed by atoms with E-state index < -0.39 is 0 Å². The van der Waals surface area contributed by atoms with Crippen molar-refractivity contribution in [1.29, 1.82) is 0 Å². The SMILES string of the molecule is COc1ccccc1CN(Cc1cccc(C)c1)C(=O)C1CCNCC1. The Labute approximate surface area is 156 Å². The van der Waals surface area contributed by atoms with Crippen LogP contribution in [0.2, 0.25) is 0 Å². The number of carbonyl (C=O) groups is 1. The lowest BCUT2D eigenvalue weighted by Gasteiger charge is -2.30. The Kier molecular flexibility index (Phi) is 6.29. The van der Waals surface area contributed by atoms with E-state index in [9.17, 15) is 4.79 Å². The second-order valence-electron chi connectivity index (χ2n) is 7.02. The molecule has 0 radical (unpaired) electrons. The fourth-order valence-corrected chi connectivity index (χ4v) is 3.61. The lowest BCUT2D eigenvalue weighted by Crippen LogP contribution is -2.40. The third-order valence-corrected chi connectivity index (χ3v) is 5.01. The molecule has 26 heavy (non-hydrogen) atoms. The highest BCUT2D eigenvalue weighted by atomic mass is 16.5. The molecule has 1 aliphatic rings. The van der Waals surface area contributed by atoms with Crippen LogP contribution in [0.3, 0.4) is 0 Å². The number of nitrogens with zero attached hydrogens (tertiary/aromatic N) is 1. The van der Waals surface area contributed by atoms with Crippen molar-refractivity contribution < 1.29 is 9.53 Å². The van der Waals surface area contributed by atoms with Crippen molar-refractivity contribution in [2.45, 2.75) is 32.9 Å². The number of benzene rings is 2. The Bertz CT molecular complexity index is 738. The molecule has 138 valence electrons. The number of ether oxygens (including phenoxy) is 1. The second kappa shape index (κ2) is 8.86. The highest BCUT2D eigenvalue weighted by Crippen LogP contribution is 2.24. The Morgan fingerprint density at radius 2 is 1.88 bits per heavy atom. The minimum absolute atomic E-state index is 0.107. The van der Waals surface area contributed by atoms with Crippen LogP contribution in [0.25, 0.3) is 0 Å². The predicted molar refractivity (Wildman–Crippen MR) is 104 cm³/mol. The zero-order valence-corrected chi connectivity index (χ0v) is 15.7. The molecule has 1 saturated heterocycles. The summed E-state index contributed by atoms with van der Waals surface area (Å²) < 4.78 is 5.49. The van der Waals surface area contributed by atoms with Gasteiger partial charge >= 0.3 is 0 Å². The molecule has 1 heterocycles. The van der Waals surface area contributed by atoms with E-state index in [2.05, 4.69) is 36.5 Å². The van der Waals surface area contributed by atoms with Gasteiger partial charge in [-0.2, -0.15) is 0 Å². The third-order valence-electron chi connectivity index (χ3n) is 5.01. The molecule has 4 nitrogen and oxygen atoms in total. The highest BCUT2D eigenvalue weighted by molar-refractivity contribution is 5.79. The van der Waals surface area contributed by atoms with E-state index in [0.29, 0.717) is 13.1 Å². The molecule has 2 aromatic rings. The van der Waals surface area contributed by atoms with Crippen LogP contribution in [-0.2, 0) is 17.9 Å². The second-order valence-corrected chi connectivity index (χ2v) is 7.02. The topological polar surface area (TPSA) is 41.6 Å². The smallest absolute Gasteiger partial charge is 0.226 e. The normalized spacial score (nSPS) is 14.8. The summed E-state index contributed by atoms with van der Waals surface area (Å²) in [6, 6.07) is 16.3. The number of amides is 1. The number of piperidine rings is 1. The molecular weight excluding hydrogens is 324 g/mol. The molecule has 0 spiro atoms. The largest absolute Gasteiger partial charge is 0.496 e. The summed E-state index contributed by atoms with van der Waals surface area (Å²) in [5, 5.41) is 3.34. The molecule has 0 bridgehead atoms. The van der Waals surface area contributed by atoms with E-state index in [1.165, 1.54) is 11.1 Å². The molecule has 0 atom stereocenters. The molecule has 1 amide bonds. The van der Waals surface area contributed by atoms with Crippen molar-refractivity contribution in [1.82, 2.24) is 10.2 Å². The lowest BCUT2D eigenvalue weighted by atomic mass is 9.96. The number of rotatable bonds is 6. The standard InChI is InChI=1S/C22H28N2O2/c1-17-6-5-7-18(14-17)15-24(22(25)19-10-12-23-13-11-19)16-20-8-3-4-9-21(20)26-2/h3-9,14,19,23H,10-13,15-16H2,1-2H3. The van der Waals surface area contributed by atoms with Crippen molar-refractivity contribution >= 4 is 5.91 Å². The Hall–Kier alpha value is -2.33. The summed E-state index contributed by atoms with van der Waals surface area (Å²) in [5.41, 5.74) is 3.43. The first-order valence-corrected chi connectivity index (χ1v) is 9.34. The number of aryl methyl sites for hydroxylation is 1. The number of hydrogen-bond donors (Lipinski definition) is 1. The lowest BCUT2D eigenvalue weighted by molar-refractivity contribution is -0.137. The fourth-order valence-electron chi connectivity index (χ4n) is 3.61. The maximum atomic E-state index is 13.2. The van der Waals surface area contributed by atoms with Crippen LogP contribution in [0.15, 0.2) is 48.5 Å². The molecule has 4 heteroatoms. The molecular formula is C22H28N2O2. The minimum atomic E-state index is 0.107. The number of hydrogen-bond acceptors (Lipinski definition) is 3. The Morgan fingerprint density at radius 1 is 1.12 bits per heavy atom. The van der Waals surface area contributed by atoms with Crippen molar-refractivity contribution in [2.75, 3.05) is 20.2 Å². The van der Waals surface area contributed by atoms with E-state index in [4.69, 9.17) is 4.74 Å². The van der Waals surface area contributed by atoms with Gasteiger partial charge < -0.3 is 15.0 Å². The van der Waals surface area contributed by atoms with Crippen molar-refractivity contribution in [2.24, 2.45) is 5.92 Å². The third kappa shape index (κ3) is 4.64. The van der Waals surface area contributed by atoms with Gasteiger partial charge in [-0.3, -0.25) is 4.79 Å². The van der Waals surface area contributed by atoms with Gasteiger partial charge in [-0.1, -0.05) is 48.0 Å². The summed E-state index contributed by atoms with van der Waals surface area (Å²) in [6.07, 6.45) is 1.82. The van der Waals surface area contributed by atoms with E-state index in [1.54, 1.807) is 7.11 Å². The molecule has 1 fully saturated rings. The van der Waals surface area contributed by atoms with Gasteiger partial charge in [0.2, 0.25) is 5.91 Å². The van der Waals surface area contributed by atoms with Gasteiger partial charge in [-0.25, -0.2) is 0 Å². The zero-order valence-electron chi connectivity index (χ0n) is 15.7. The summed E-state index contributed by atoms with van der Waals surface area (Å²) in [6.45, 7) is 5.12. The van der Waals surface area contributed by atoms with Crippen LogP contribution in [0, 0.1) is 12.8 Å². The van der Waals surface area contributed by atoms with Gasteiger partial charge in [0, 0.05) is 24.6 Å². The number of nitrogens with one attached hydrogen (secondary N) is 1. The Balaban J connectivity index is 1.83. The molecule has 1 N–H and O–H groups in total. The van der Waals surface area contributed by atoms with Gasteiger partial charge in [-0.05, 0) is 44.5 Å². The van der Waals surface area contributed by atoms with Crippen LogP contribution in [0.4, 0.5) is 0 Å². The Morgan fingerprint density at radius 3 is 2.62 bits per heavy atom. The molecule has 0 saturated carbocycles. The predicted octanol–water partition coefficient (Wildman–Crippen LogP) is 3.53. The van der Waals surface area contributed by atoms with E-state index in [0.717, 1.165) is 37.2 Å². The van der Waals surface area contributed by atoms with Gasteiger partial charge in [0.05, 0.1) is 7.11 Å². The summed E-state index contributed by atoms with van der Waals surface area (Å²) >= 11 is 0. The van der Waals surface area contributed by atoms with Crippen molar-refractivity contribution in [3.8, 4) is 5.75 Å². The maximum absolute atomic E-state index is 13.2. The fraction of sp³-hybridized carbons (Fsp3) is 0.409. The molecule has 0 unspecified atom stereocenters. The van der Waals surface area contributed by atoms with Crippen LogP contribution >= 0.6 is 0 Å². The van der Waals surface area contributed by atoms with Crippen LogP contribution in [0.5, 0.6) is 5.75 Å². The first-order valence-electron chi connectivity index (χ1n) is 9.34. The average molecular weight is 352 g/mol. The quantitative estimate of drug-likeness (QED) is 0.865. The van der Waals surface area contributed by atoms with Gasteiger partial charge in [0.15, 0.2) is 0 Å². The summed E-state index contributed by atoms with van der Waals surface area (Å²) in [4.78, 5) is 15.2. The van der Waals surface area contributed by atoms with Crippen LogP contribution < -0.4 is 10.1 Å². The summed E-state index contributed by atoms with van der Waals surface area (Å²) in [5.74, 6) is 1.19. The van der Waals surface area contributed by atoms with Gasteiger partial charge in [0.25, 0.3) is 0 Å². The average Bonchev–Trinajstić information content (AvgIpc) is 2.68. The van der Waals surface area contributed by atoms with E-state index in [1.807, 2.05) is 29.2 Å². The number of para-hydroxylation sites is 1. The van der Waals surface area contributed by atoms with Crippen molar-refractivity contribution in [3.05, 3.63) is 65.2 Å². The van der Waals surface area contributed by atoms with Crippen LogP contribution in [-0.4, -0.2) is 31.0 Å². The maximum Gasteiger partial charge on any atom is 0.226 e. The minimum Gasteiger partial charge on any atom is -0.496 e. The molecule has 3 rings (SSSR count). The van der Waals surface area contributed by atoms with Gasteiger partial charge in [0.1, 0.15) is 5.75 Å². The van der Waals surface area contributed by atoms with Gasteiger partial charge in [-0.15, -0.1) is 0 Å². The molecule has 1 aliphatic heterocycles. The molecule has 2 aromatic carbocycles. The van der Waals surface area contributed by atoms with Crippen LogP contribution in [0.1, 0.15) is 29.5 Å². The molecule has 0 aliphatic carbocycles. The molecule has 0 aromatic heterocycles. The monoisotopic (exact) mass is 352 g/mol.